The lowest BCUT2D eigenvalue weighted by Crippen LogP contribution is -2.66. The number of hydrogen-bond acceptors (Lipinski definition) is 11. The molecule has 0 aromatic heterocycles. The third kappa shape index (κ3) is 7.87. The first-order valence-corrected chi connectivity index (χ1v) is 14.1. The van der Waals surface area contributed by atoms with E-state index in [2.05, 4.69) is 22.9 Å². The number of esters is 4. The van der Waals surface area contributed by atoms with E-state index in [4.69, 9.17) is 28.4 Å². The van der Waals surface area contributed by atoms with Crippen molar-refractivity contribution in [3.63, 3.8) is 0 Å². The van der Waals surface area contributed by atoms with Crippen molar-refractivity contribution in [2.45, 2.75) is 77.7 Å². The number of halogens is 1. The summed E-state index contributed by atoms with van der Waals surface area (Å²) in [4.78, 5) is 48.3. The van der Waals surface area contributed by atoms with E-state index in [9.17, 15) is 24.3 Å². The van der Waals surface area contributed by atoms with Gasteiger partial charge in [-0.2, -0.15) is 0 Å². The number of ether oxygens (including phenoxy) is 6. The Kier molecular flexibility index (Phi) is 11.1. The van der Waals surface area contributed by atoms with E-state index in [1.165, 1.54) is 12.7 Å². The smallest absolute Gasteiger partial charge is 0.303 e. The maximum atomic E-state index is 12.3. The summed E-state index contributed by atoms with van der Waals surface area (Å²) in [6, 6.07) is 11.3. The van der Waals surface area contributed by atoms with Crippen LogP contribution in [-0.4, -0.2) is 67.1 Å². The van der Waals surface area contributed by atoms with Gasteiger partial charge in [-0.15, -0.1) is 0 Å². The Morgan fingerprint density at radius 1 is 0.881 bits per heavy atom. The highest BCUT2D eigenvalue weighted by atomic mass is 79.9. The molecular formula is C30H35BrO11. The molecule has 1 aliphatic heterocycles. The highest BCUT2D eigenvalue weighted by Gasteiger charge is 2.61. The molecule has 1 heterocycles. The van der Waals surface area contributed by atoms with E-state index in [0.717, 1.165) is 45.2 Å². The zero-order chi connectivity index (χ0) is 31.2. The van der Waals surface area contributed by atoms with Crippen LogP contribution in [0, 0.1) is 0 Å². The Labute approximate surface area is 252 Å². The number of aliphatic hydroxyl groups is 1. The average Bonchev–Trinajstić information content (AvgIpc) is 2.91. The summed E-state index contributed by atoms with van der Waals surface area (Å²) in [5.41, 5.74) is 2.92. The van der Waals surface area contributed by atoms with Crippen LogP contribution in [0.5, 0.6) is 5.75 Å². The Morgan fingerprint density at radius 2 is 1.45 bits per heavy atom. The number of carbonyl (C=O) groups is 4. The quantitative estimate of drug-likeness (QED) is 0.298. The first-order chi connectivity index (χ1) is 19.8. The molecule has 1 fully saturated rings. The van der Waals surface area contributed by atoms with Crippen molar-refractivity contribution in [1.82, 2.24) is 0 Å². The van der Waals surface area contributed by atoms with Crippen LogP contribution >= 0.6 is 15.9 Å². The molecule has 1 N–H and O–H groups in total. The third-order valence-corrected chi connectivity index (χ3v) is 7.37. The molecule has 0 amide bonds. The minimum Gasteiger partial charge on any atom is -0.496 e. The summed E-state index contributed by atoms with van der Waals surface area (Å²) in [7, 11) is 1.38. The number of rotatable bonds is 10. The maximum Gasteiger partial charge on any atom is 0.303 e. The van der Waals surface area contributed by atoms with Gasteiger partial charge in [-0.05, 0) is 41.7 Å². The molecule has 2 aromatic carbocycles. The van der Waals surface area contributed by atoms with Crippen molar-refractivity contribution in [2.75, 3.05) is 13.7 Å². The summed E-state index contributed by atoms with van der Waals surface area (Å²) in [5.74, 6) is -5.49. The average molecular weight is 652 g/mol. The van der Waals surface area contributed by atoms with Gasteiger partial charge in [0.1, 0.15) is 18.5 Å². The normalized spacial score (nSPS) is 23.4. The van der Waals surface area contributed by atoms with Gasteiger partial charge in [0.15, 0.2) is 12.2 Å². The maximum absolute atomic E-state index is 12.3. The van der Waals surface area contributed by atoms with Crippen LogP contribution in [0.4, 0.5) is 0 Å². The Balaban J connectivity index is 2.22. The second-order valence-electron chi connectivity index (χ2n) is 9.82. The van der Waals surface area contributed by atoms with Crippen LogP contribution in [-0.2, 0) is 61.5 Å². The van der Waals surface area contributed by atoms with Crippen molar-refractivity contribution < 1.29 is 52.7 Å². The van der Waals surface area contributed by atoms with E-state index in [1.807, 2.05) is 24.3 Å². The zero-order valence-electron chi connectivity index (χ0n) is 24.3. The van der Waals surface area contributed by atoms with Crippen molar-refractivity contribution in [1.29, 1.82) is 0 Å². The van der Waals surface area contributed by atoms with E-state index < -0.39 is 60.7 Å². The van der Waals surface area contributed by atoms with E-state index in [-0.39, 0.29) is 11.3 Å². The number of hydrogen-bond donors (Lipinski definition) is 1. The second kappa shape index (κ2) is 14.1. The summed E-state index contributed by atoms with van der Waals surface area (Å²) < 4.78 is 33.9. The lowest BCUT2D eigenvalue weighted by Gasteiger charge is -2.49. The lowest BCUT2D eigenvalue weighted by molar-refractivity contribution is -0.360. The molecule has 228 valence electrons. The first kappa shape index (κ1) is 33.0. The van der Waals surface area contributed by atoms with Gasteiger partial charge in [-0.1, -0.05) is 47.1 Å². The molecule has 12 heteroatoms. The molecule has 3 rings (SSSR count). The van der Waals surface area contributed by atoms with Gasteiger partial charge in [0.25, 0.3) is 0 Å². The number of benzene rings is 2. The minimum absolute atomic E-state index is 0.0332. The van der Waals surface area contributed by atoms with Gasteiger partial charge >= 0.3 is 23.9 Å². The minimum atomic E-state index is -2.53. The van der Waals surface area contributed by atoms with Crippen LogP contribution < -0.4 is 4.74 Å². The molecule has 1 saturated heterocycles. The fourth-order valence-electron chi connectivity index (χ4n) is 4.79. The summed E-state index contributed by atoms with van der Waals surface area (Å²) in [6.45, 7) is 6.06. The Morgan fingerprint density at radius 3 is 1.98 bits per heavy atom. The molecular weight excluding hydrogens is 616 g/mol. The van der Waals surface area contributed by atoms with Crippen molar-refractivity contribution in [3.8, 4) is 5.75 Å². The largest absolute Gasteiger partial charge is 0.496 e. The van der Waals surface area contributed by atoms with Gasteiger partial charge in [-0.3, -0.25) is 19.2 Å². The molecule has 0 aliphatic carbocycles. The number of aryl methyl sites for hydroxylation is 1. The van der Waals surface area contributed by atoms with Crippen LogP contribution in [0.15, 0.2) is 40.9 Å². The van der Waals surface area contributed by atoms with E-state index >= 15 is 0 Å². The topological polar surface area (TPSA) is 144 Å². The molecule has 0 spiro atoms. The molecule has 0 saturated carbocycles. The fraction of sp³-hybridized carbons (Fsp3) is 0.467. The fourth-order valence-corrected chi connectivity index (χ4v) is 5.26. The summed E-state index contributed by atoms with van der Waals surface area (Å²) in [5, 5.41) is 12.3. The second-order valence-corrected chi connectivity index (χ2v) is 10.7. The van der Waals surface area contributed by atoms with Gasteiger partial charge in [0, 0.05) is 32.2 Å². The molecule has 42 heavy (non-hydrogen) atoms. The predicted molar refractivity (Wildman–Crippen MR) is 151 cm³/mol. The monoisotopic (exact) mass is 650 g/mol. The van der Waals surface area contributed by atoms with Crippen molar-refractivity contribution in [2.24, 2.45) is 0 Å². The molecule has 0 radical (unpaired) electrons. The Bertz CT molecular complexity index is 1310. The predicted octanol–water partition coefficient (Wildman–Crippen LogP) is 3.51. The van der Waals surface area contributed by atoms with Crippen LogP contribution in [0.3, 0.4) is 0 Å². The van der Waals surface area contributed by atoms with E-state index in [0.29, 0.717) is 10.9 Å². The first-order valence-electron chi connectivity index (χ1n) is 13.3. The van der Waals surface area contributed by atoms with Gasteiger partial charge in [0.05, 0.1) is 12.7 Å². The number of methoxy groups -OCH3 is 1. The molecule has 2 aromatic rings. The van der Waals surface area contributed by atoms with Gasteiger partial charge < -0.3 is 33.5 Å². The molecule has 1 aliphatic rings. The lowest BCUT2D eigenvalue weighted by atomic mass is 9.86. The standard InChI is InChI=1S/C30H35BrO11/c1-7-20-8-10-21(11-9-20)12-22-13-23(25(37-6)14-24(22)31)30(36)29(41-19(5)35)28(40-18(4)34)27(39-17(3)33)26(42-30)15-38-16(2)32/h8-11,13-14,26-29,36H,7,12,15H2,1-6H3/t26-,27-,28+,29-,30+/m1/s1. The molecule has 0 unspecified atom stereocenters. The molecule has 0 bridgehead atoms. The number of carbonyl (C=O) groups excluding carboxylic acids is 4. The van der Waals surface area contributed by atoms with Crippen LogP contribution in [0.25, 0.3) is 0 Å². The summed E-state index contributed by atoms with van der Waals surface area (Å²) >= 11 is 3.57. The zero-order valence-corrected chi connectivity index (χ0v) is 25.9. The molecule has 5 atom stereocenters. The Hall–Kier alpha value is -3.48. The van der Waals surface area contributed by atoms with E-state index in [1.54, 1.807) is 12.1 Å². The van der Waals surface area contributed by atoms with Gasteiger partial charge in [-0.25, -0.2) is 0 Å². The molecule has 11 nitrogen and oxygen atoms in total. The third-order valence-electron chi connectivity index (χ3n) is 6.63. The van der Waals surface area contributed by atoms with Crippen LogP contribution in [0.2, 0.25) is 0 Å². The van der Waals surface area contributed by atoms with Crippen molar-refractivity contribution in [3.05, 3.63) is 63.1 Å². The SMILES string of the molecule is CCc1ccc(Cc2cc([C@]3(O)O[C@H](COC(C)=O)[C@@H](OC(C)=O)[C@H](OC(C)=O)[C@H]3OC(C)=O)c(OC)cc2Br)cc1. The highest BCUT2D eigenvalue weighted by Crippen LogP contribution is 2.45. The van der Waals surface area contributed by atoms with Crippen molar-refractivity contribution >= 4 is 39.8 Å². The van der Waals surface area contributed by atoms with Gasteiger partial charge in [0.2, 0.25) is 11.9 Å². The van der Waals surface area contributed by atoms with Crippen LogP contribution in [0.1, 0.15) is 56.9 Å². The highest BCUT2D eigenvalue weighted by molar-refractivity contribution is 9.10. The summed E-state index contributed by atoms with van der Waals surface area (Å²) in [6.07, 6.45) is -4.73.